The first-order valence-electron chi connectivity index (χ1n) is 7.77. The highest BCUT2D eigenvalue weighted by Crippen LogP contribution is 2.38. The second-order valence-electron chi connectivity index (χ2n) is 6.16. The highest BCUT2D eigenvalue weighted by atomic mass is 16.5. The Labute approximate surface area is 136 Å². The third-order valence-corrected chi connectivity index (χ3v) is 4.56. The number of ether oxygens (including phenoxy) is 1. The van der Waals surface area contributed by atoms with E-state index in [1.807, 2.05) is 48.5 Å². The van der Waals surface area contributed by atoms with Gasteiger partial charge in [0.05, 0.1) is 12.5 Å². The lowest BCUT2D eigenvalue weighted by Gasteiger charge is -2.24. The number of methoxy groups -OCH3 is 1. The normalized spacial score (nSPS) is 19.3. The van der Waals surface area contributed by atoms with Gasteiger partial charge in [0.25, 0.3) is 0 Å². The molecule has 0 bridgehead atoms. The highest BCUT2D eigenvalue weighted by Gasteiger charge is 2.43. The average Bonchev–Trinajstić information content (AvgIpc) is 2.94. The van der Waals surface area contributed by atoms with Crippen LogP contribution in [0.3, 0.4) is 0 Å². The highest BCUT2D eigenvalue weighted by molar-refractivity contribution is 5.77. The molecule has 1 aliphatic carbocycles. The van der Waals surface area contributed by atoms with E-state index < -0.39 is 11.4 Å². The molecule has 1 unspecified atom stereocenters. The Morgan fingerprint density at radius 2 is 1.91 bits per heavy atom. The number of benzene rings is 2. The molecule has 0 spiro atoms. The first-order chi connectivity index (χ1) is 11.1. The molecule has 2 aromatic carbocycles. The van der Waals surface area contributed by atoms with Crippen molar-refractivity contribution in [1.29, 1.82) is 0 Å². The molecule has 2 aromatic rings. The third-order valence-electron chi connectivity index (χ3n) is 4.56. The van der Waals surface area contributed by atoms with Crippen LogP contribution in [0.2, 0.25) is 0 Å². The van der Waals surface area contributed by atoms with E-state index in [9.17, 15) is 9.90 Å². The van der Waals surface area contributed by atoms with Crippen molar-refractivity contribution < 1.29 is 14.6 Å². The van der Waals surface area contributed by atoms with E-state index in [-0.39, 0.29) is 0 Å². The number of carboxylic acid groups (broad SMARTS) is 1. The lowest BCUT2D eigenvalue weighted by molar-refractivity contribution is -0.148. The van der Waals surface area contributed by atoms with Crippen LogP contribution < -0.4 is 10.1 Å². The van der Waals surface area contributed by atoms with Crippen LogP contribution in [0.1, 0.15) is 16.7 Å². The van der Waals surface area contributed by atoms with Crippen LogP contribution in [0.15, 0.2) is 48.5 Å². The van der Waals surface area contributed by atoms with Crippen molar-refractivity contribution in [2.24, 2.45) is 5.41 Å². The SMILES string of the molecule is COc1ccc2c(c1)CC(CNCc1ccccc1)(C(=O)O)C2. The Bertz CT molecular complexity index is 699. The van der Waals surface area contributed by atoms with E-state index in [2.05, 4.69) is 5.32 Å². The summed E-state index contributed by atoms with van der Waals surface area (Å²) in [6.07, 6.45) is 1.10. The molecule has 1 atom stereocenters. The van der Waals surface area contributed by atoms with Gasteiger partial charge in [-0.3, -0.25) is 4.79 Å². The maximum absolute atomic E-state index is 11.9. The van der Waals surface area contributed by atoms with Crippen molar-refractivity contribution >= 4 is 5.97 Å². The average molecular weight is 311 g/mol. The van der Waals surface area contributed by atoms with Crippen molar-refractivity contribution in [1.82, 2.24) is 5.32 Å². The first-order valence-corrected chi connectivity index (χ1v) is 7.77. The number of carboxylic acids is 1. The molecule has 0 fully saturated rings. The molecule has 0 radical (unpaired) electrons. The topological polar surface area (TPSA) is 58.6 Å². The zero-order valence-corrected chi connectivity index (χ0v) is 13.2. The molecule has 0 aromatic heterocycles. The van der Waals surface area contributed by atoms with Crippen LogP contribution in [-0.4, -0.2) is 24.7 Å². The predicted molar refractivity (Wildman–Crippen MR) is 88.6 cm³/mol. The van der Waals surface area contributed by atoms with Gasteiger partial charge in [-0.25, -0.2) is 0 Å². The third kappa shape index (κ3) is 3.22. The summed E-state index contributed by atoms with van der Waals surface area (Å²) in [5, 5.41) is 13.1. The summed E-state index contributed by atoms with van der Waals surface area (Å²) in [6, 6.07) is 15.9. The molecule has 3 rings (SSSR count). The molecule has 0 amide bonds. The van der Waals surface area contributed by atoms with Crippen molar-refractivity contribution in [3.63, 3.8) is 0 Å². The van der Waals surface area contributed by atoms with Crippen LogP contribution >= 0.6 is 0 Å². The van der Waals surface area contributed by atoms with E-state index in [1.165, 1.54) is 0 Å². The van der Waals surface area contributed by atoms with Crippen LogP contribution in [0.4, 0.5) is 0 Å². The standard InChI is InChI=1S/C19H21NO3/c1-23-17-8-7-15-10-19(18(21)22,11-16(15)9-17)13-20-12-14-5-3-2-4-6-14/h2-9,20H,10-13H2,1H3,(H,21,22). The number of carbonyl (C=O) groups is 1. The zero-order valence-electron chi connectivity index (χ0n) is 13.2. The smallest absolute Gasteiger partial charge is 0.311 e. The largest absolute Gasteiger partial charge is 0.497 e. The quantitative estimate of drug-likeness (QED) is 0.861. The maximum atomic E-state index is 11.9. The summed E-state index contributed by atoms with van der Waals surface area (Å²) in [6.45, 7) is 1.13. The van der Waals surface area contributed by atoms with E-state index in [1.54, 1.807) is 7.11 Å². The number of hydrogen-bond donors (Lipinski definition) is 2. The van der Waals surface area contributed by atoms with Crippen molar-refractivity contribution in [3.8, 4) is 5.75 Å². The van der Waals surface area contributed by atoms with Crippen LogP contribution in [0.5, 0.6) is 5.75 Å². The van der Waals surface area contributed by atoms with Crippen molar-refractivity contribution in [2.75, 3.05) is 13.7 Å². The Kier molecular flexibility index (Phi) is 4.35. The number of nitrogens with one attached hydrogen (secondary N) is 1. The molecule has 0 saturated carbocycles. The van der Waals surface area contributed by atoms with Crippen LogP contribution in [-0.2, 0) is 24.2 Å². The van der Waals surface area contributed by atoms with Gasteiger partial charge in [-0.1, -0.05) is 36.4 Å². The molecule has 23 heavy (non-hydrogen) atoms. The summed E-state index contributed by atoms with van der Waals surface area (Å²) in [4.78, 5) is 11.9. The van der Waals surface area contributed by atoms with Gasteiger partial charge in [-0.15, -0.1) is 0 Å². The molecular formula is C19H21NO3. The second-order valence-corrected chi connectivity index (χ2v) is 6.16. The monoisotopic (exact) mass is 311 g/mol. The van der Waals surface area contributed by atoms with E-state index in [0.29, 0.717) is 25.9 Å². The summed E-state index contributed by atoms with van der Waals surface area (Å²) in [7, 11) is 1.63. The fourth-order valence-electron chi connectivity index (χ4n) is 3.25. The fraction of sp³-hybridized carbons (Fsp3) is 0.316. The second kappa shape index (κ2) is 6.42. The van der Waals surface area contributed by atoms with Gasteiger partial charge in [0, 0.05) is 13.1 Å². The molecule has 2 N–H and O–H groups in total. The van der Waals surface area contributed by atoms with E-state index in [4.69, 9.17) is 4.74 Å². The maximum Gasteiger partial charge on any atom is 0.311 e. The molecule has 0 heterocycles. The van der Waals surface area contributed by atoms with Gasteiger partial charge in [0.2, 0.25) is 0 Å². The summed E-state index contributed by atoms with van der Waals surface area (Å²) >= 11 is 0. The Morgan fingerprint density at radius 1 is 1.17 bits per heavy atom. The molecule has 4 nitrogen and oxygen atoms in total. The Morgan fingerprint density at radius 3 is 2.61 bits per heavy atom. The molecule has 0 saturated heterocycles. The number of aliphatic carboxylic acids is 1. The van der Waals surface area contributed by atoms with Gasteiger partial charge < -0.3 is 15.2 Å². The van der Waals surface area contributed by atoms with Gasteiger partial charge in [-0.2, -0.15) is 0 Å². The predicted octanol–water partition coefficient (Wildman–Crippen LogP) is 2.65. The van der Waals surface area contributed by atoms with Crippen LogP contribution in [0.25, 0.3) is 0 Å². The summed E-state index contributed by atoms with van der Waals surface area (Å²) in [5.41, 5.74) is 2.57. The Balaban J connectivity index is 1.71. The molecule has 1 aliphatic rings. The lowest BCUT2D eigenvalue weighted by atomic mass is 9.84. The zero-order chi connectivity index (χ0) is 16.3. The van der Waals surface area contributed by atoms with Crippen molar-refractivity contribution in [3.05, 3.63) is 65.2 Å². The number of fused-ring (bicyclic) bond motifs is 1. The minimum Gasteiger partial charge on any atom is -0.497 e. The van der Waals surface area contributed by atoms with Gasteiger partial charge in [0.1, 0.15) is 5.75 Å². The molecule has 120 valence electrons. The minimum absolute atomic E-state index is 0.453. The van der Waals surface area contributed by atoms with Gasteiger partial charge in [-0.05, 0) is 41.7 Å². The first kappa shape index (κ1) is 15.6. The van der Waals surface area contributed by atoms with E-state index >= 15 is 0 Å². The fourth-order valence-corrected chi connectivity index (χ4v) is 3.25. The van der Waals surface area contributed by atoms with Gasteiger partial charge >= 0.3 is 5.97 Å². The number of rotatable bonds is 6. The van der Waals surface area contributed by atoms with Crippen LogP contribution in [0, 0.1) is 5.41 Å². The molecule has 4 heteroatoms. The Hall–Kier alpha value is -2.33. The summed E-state index contributed by atoms with van der Waals surface area (Å²) in [5.74, 6) is 0.0374. The molecule has 0 aliphatic heterocycles. The summed E-state index contributed by atoms with van der Waals surface area (Å²) < 4.78 is 5.24. The van der Waals surface area contributed by atoms with E-state index in [0.717, 1.165) is 22.4 Å². The van der Waals surface area contributed by atoms with Crippen molar-refractivity contribution in [2.45, 2.75) is 19.4 Å². The molecular weight excluding hydrogens is 290 g/mol. The number of hydrogen-bond acceptors (Lipinski definition) is 3. The minimum atomic E-state index is -0.774. The van der Waals surface area contributed by atoms with Gasteiger partial charge in [0.15, 0.2) is 0 Å². The lowest BCUT2D eigenvalue weighted by Crippen LogP contribution is -2.41.